The summed E-state index contributed by atoms with van der Waals surface area (Å²) in [4.78, 5) is 12.2. The summed E-state index contributed by atoms with van der Waals surface area (Å²) in [7, 11) is 0. The average Bonchev–Trinajstić information content (AvgIpc) is 3.16. The van der Waals surface area contributed by atoms with Gasteiger partial charge in [0, 0.05) is 5.02 Å². The van der Waals surface area contributed by atoms with Crippen LogP contribution >= 0.6 is 46.6 Å². The van der Waals surface area contributed by atoms with Crippen molar-refractivity contribution in [1.29, 1.82) is 0 Å². The second kappa shape index (κ2) is 10.4. The Kier molecular flexibility index (Phi) is 7.88. The van der Waals surface area contributed by atoms with E-state index in [9.17, 15) is 4.79 Å². The molecule has 0 radical (unpaired) electrons. The molecule has 10 heteroatoms. The number of nitrogens with zero attached hydrogens (tertiary/aromatic N) is 2. The van der Waals surface area contributed by atoms with Crippen LogP contribution < -0.4 is 10.1 Å². The smallest absolute Gasteiger partial charge is 0.277 e. The number of benzene rings is 2. The van der Waals surface area contributed by atoms with Crippen molar-refractivity contribution in [3.63, 3.8) is 0 Å². The fraction of sp³-hybridized carbons (Fsp3) is 0.250. The van der Waals surface area contributed by atoms with Gasteiger partial charge in [0.2, 0.25) is 5.91 Å². The van der Waals surface area contributed by atoms with E-state index in [1.807, 2.05) is 24.3 Å². The Bertz CT molecular complexity index is 1000. The van der Waals surface area contributed by atoms with Crippen LogP contribution in [-0.2, 0) is 11.4 Å². The maximum atomic E-state index is 12.2. The Balaban J connectivity index is 1.49. The first-order valence-electron chi connectivity index (χ1n) is 8.94. The fourth-order valence-corrected chi connectivity index (χ4v) is 3.91. The van der Waals surface area contributed by atoms with Crippen LogP contribution in [0.2, 0.25) is 15.1 Å². The van der Waals surface area contributed by atoms with E-state index in [4.69, 9.17) is 44.0 Å². The van der Waals surface area contributed by atoms with Crippen LogP contribution in [0, 0.1) is 0 Å². The predicted octanol–water partition coefficient (Wildman–Crippen LogP) is 6.46. The first-order chi connectivity index (χ1) is 14.3. The molecule has 3 rings (SSSR count). The molecule has 0 atom stereocenters. The number of aromatic nitrogens is 2. The lowest BCUT2D eigenvalue weighted by Gasteiger charge is -2.09. The van der Waals surface area contributed by atoms with Gasteiger partial charge >= 0.3 is 0 Å². The number of carbonyl (C=O) groups is 1. The van der Waals surface area contributed by atoms with E-state index in [1.165, 1.54) is 17.7 Å². The lowest BCUT2D eigenvalue weighted by Crippen LogP contribution is -2.14. The summed E-state index contributed by atoms with van der Waals surface area (Å²) in [5.41, 5.74) is 1.54. The van der Waals surface area contributed by atoms with Crippen LogP contribution in [0.4, 0.5) is 5.69 Å². The van der Waals surface area contributed by atoms with E-state index in [-0.39, 0.29) is 33.5 Å². The molecule has 1 aromatic heterocycles. The van der Waals surface area contributed by atoms with Gasteiger partial charge in [0.1, 0.15) is 5.75 Å². The van der Waals surface area contributed by atoms with Gasteiger partial charge in [-0.15, -0.1) is 10.2 Å². The third-order valence-corrected chi connectivity index (χ3v) is 5.59. The van der Waals surface area contributed by atoms with Crippen LogP contribution in [-0.4, -0.2) is 21.9 Å². The van der Waals surface area contributed by atoms with Crippen molar-refractivity contribution in [1.82, 2.24) is 10.2 Å². The minimum absolute atomic E-state index is 0.0361. The van der Waals surface area contributed by atoms with Crippen molar-refractivity contribution >= 4 is 58.2 Å². The van der Waals surface area contributed by atoms with Crippen molar-refractivity contribution in [2.24, 2.45) is 0 Å². The van der Waals surface area contributed by atoms with E-state index in [1.54, 1.807) is 0 Å². The molecular formula is C20H18Cl3N3O3S. The molecule has 0 saturated heterocycles. The Morgan fingerprint density at radius 3 is 2.43 bits per heavy atom. The Morgan fingerprint density at radius 2 is 1.80 bits per heavy atom. The van der Waals surface area contributed by atoms with Gasteiger partial charge in [-0.1, -0.05) is 72.5 Å². The number of halogens is 3. The monoisotopic (exact) mass is 485 g/mol. The first kappa shape index (κ1) is 22.7. The highest BCUT2D eigenvalue weighted by Gasteiger charge is 2.14. The number of anilines is 1. The number of ether oxygens (including phenoxy) is 1. The van der Waals surface area contributed by atoms with E-state index >= 15 is 0 Å². The van der Waals surface area contributed by atoms with Gasteiger partial charge in [-0.05, 0) is 35.7 Å². The topological polar surface area (TPSA) is 77.2 Å². The Labute approximate surface area is 193 Å². The van der Waals surface area contributed by atoms with Gasteiger partial charge in [0.25, 0.3) is 11.1 Å². The molecule has 0 saturated carbocycles. The summed E-state index contributed by atoms with van der Waals surface area (Å²) < 4.78 is 11.2. The minimum Gasteiger partial charge on any atom is -0.484 e. The summed E-state index contributed by atoms with van der Waals surface area (Å²) >= 11 is 19.1. The molecule has 0 bridgehead atoms. The fourth-order valence-electron chi connectivity index (χ4n) is 2.41. The third kappa shape index (κ3) is 6.28. The van der Waals surface area contributed by atoms with Crippen molar-refractivity contribution in [2.75, 3.05) is 11.1 Å². The number of nitrogens with one attached hydrogen (secondary N) is 1. The van der Waals surface area contributed by atoms with Crippen molar-refractivity contribution in [3.8, 4) is 5.75 Å². The minimum atomic E-state index is -0.327. The number of hydrogen-bond acceptors (Lipinski definition) is 6. The second-order valence-corrected chi connectivity index (χ2v) is 8.73. The molecule has 0 unspecified atom stereocenters. The molecule has 0 aliphatic carbocycles. The molecule has 1 N–H and O–H groups in total. The van der Waals surface area contributed by atoms with E-state index in [0.29, 0.717) is 28.3 Å². The van der Waals surface area contributed by atoms with Gasteiger partial charge in [-0.3, -0.25) is 4.79 Å². The van der Waals surface area contributed by atoms with Gasteiger partial charge < -0.3 is 14.5 Å². The van der Waals surface area contributed by atoms with Crippen LogP contribution in [0.15, 0.2) is 46.0 Å². The SMILES string of the molecule is CC(C)c1ccc(OCc2nnc(SCC(=O)Nc3c(Cl)cc(Cl)cc3Cl)o2)cc1. The molecule has 30 heavy (non-hydrogen) atoms. The van der Waals surface area contributed by atoms with Crippen LogP contribution in [0.3, 0.4) is 0 Å². The molecule has 158 valence electrons. The van der Waals surface area contributed by atoms with Crippen molar-refractivity contribution in [2.45, 2.75) is 31.6 Å². The van der Waals surface area contributed by atoms with Crippen molar-refractivity contribution < 1.29 is 13.9 Å². The molecule has 2 aromatic carbocycles. The molecule has 0 aliphatic rings. The Morgan fingerprint density at radius 1 is 1.13 bits per heavy atom. The largest absolute Gasteiger partial charge is 0.484 e. The summed E-state index contributed by atoms with van der Waals surface area (Å²) in [6, 6.07) is 10.8. The molecule has 3 aromatic rings. The highest BCUT2D eigenvalue weighted by atomic mass is 35.5. The molecule has 6 nitrogen and oxygen atoms in total. The second-order valence-electron chi connectivity index (χ2n) is 6.56. The highest BCUT2D eigenvalue weighted by Crippen LogP contribution is 2.33. The van der Waals surface area contributed by atoms with Crippen molar-refractivity contribution in [3.05, 3.63) is 62.9 Å². The van der Waals surface area contributed by atoms with Crippen LogP contribution in [0.25, 0.3) is 0 Å². The van der Waals surface area contributed by atoms with Gasteiger partial charge in [0.15, 0.2) is 6.61 Å². The lowest BCUT2D eigenvalue weighted by atomic mass is 10.0. The number of carbonyl (C=O) groups excluding carboxylic acids is 1. The maximum absolute atomic E-state index is 12.2. The Hall–Kier alpha value is -1.93. The van der Waals surface area contributed by atoms with E-state index in [2.05, 4.69) is 29.4 Å². The van der Waals surface area contributed by atoms with Gasteiger partial charge in [-0.25, -0.2) is 0 Å². The van der Waals surface area contributed by atoms with E-state index < -0.39 is 0 Å². The molecule has 1 heterocycles. The highest BCUT2D eigenvalue weighted by molar-refractivity contribution is 7.99. The number of thioether (sulfide) groups is 1. The van der Waals surface area contributed by atoms with Gasteiger partial charge in [0.05, 0.1) is 21.5 Å². The standard InChI is InChI=1S/C20H18Cl3N3O3S/c1-11(2)12-3-5-14(6-4-12)28-9-18-25-26-20(29-18)30-10-17(27)24-19-15(22)7-13(21)8-16(19)23/h3-8,11H,9-10H2,1-2H3,(H,24,27). The first-order valence-corrected chi connectivity index (χ1v) is 11.1. The zero-order valence-corrected chi connectivity index (χ0v) is 19.2. The summed E-state index contributed by atoms with van der Waals surface area (Å²) in [5, 5.41) is 11.6. The van der Waals surface area contributed by atoms with Crippen LogP contribution in [0.1, 0.15) is 31.2 Å². The zero-order chi connectivity index (χ0) is 21.7. The molecule has 0 fully saturated rings. The number of hydrogen-bond donors (Lipinski definition) is 1. The zero-order valence-electron chi connectivity index (χ0n) is 16.1. The normalized spacial score (nSPS) is 11.0. The quantitative estimate of drug-likeness (QED) is 0.368. The summed E-state index contributed by atoms with van der Waals surface area (Å²) in [6.45, 7) is 4.40. The predicted molar refractivity (Wildman–Crippen MR) is 120 cm³/mol. The lowest BCUT2D eigenvalue weighted by molar-refractivity contribution is -0.113. The molecule has 1 amide bonds. The maximum Gasteiger partial charge on any atom is 0.277 e. The van der Waals surface area contributed by atoms with Gasteiger partial charge in [-0.2, -0.15) is 0 Å². The molecular weight excluding hydrogens is 469 g/mol. The summed E-state index contributed by atoms with van der Waals surface area (Å²) in [6.07, 6.45) is 0. The molecule has 0 spiro atoms. The van der Waals surface area contributed by atoms with Crippen LogP contribution in [0.5, 0.6) is 5.75 Å². The third-order valence-electron chi connectivity index (χ3n) is 3.96. The average molecular weight is 487 g/mol. The number of amides is 1. The summed E-state index contributed by atoms with van der Waals surface area (Å²) in [5.74, 6) is 1.19. The number of rotatable bonds is 8. The van der Waals surface area contributed by atoms with E-state index in [0.717, 1.165) is 11.8 Å². The molecule has 0 aliphatic heterocycles.